The average molecular weight is 247 g/mol. The molecular formula is C13H17N3O2. The zero-order chi connectivity index (χ0) is 12.8. The van der Waals surface area contributed by atoms with Crippen LogP contribution in [0.25, 0.3) is 0 Å². The van der Waals surface area contributed by atoms with Gasteiger partial charge in [-0.1, -0.05) is 35.5 Å². The van der Waals surface area contributed by atoms with E-state index in [1.165, 1.54) is 0 Å². The summed E-state index contributed by atoms with van der Waals surface area (Å²) in [7, 11) is 0. The lowest BCUT2D eigenvalue weighted by atomic mass is 10.1. The van der Waals surface area contributed by atoms with Crippen LogP contribution in [0.2, 0.25) is 0 Å². The Morgan fingerprint density at radius 1 is 1.33 bits per heavy atom. The summed E-state index contributed by atoms with van der Waals surface area (Å²) in [5.41, 5.74) is 1.15. The third kappa shape index (κ3) is 3.65. The van der Waals surface area contributed by atoms with Crippen molar-refractivity contribution in [1.82, 2.24) is 15.5 Å². The number of benzene rings is 1. The van der Waals surface area contributed by atoms with E-state index in [1.54, 1.807) is 0 Å². The minimum atomic E-state index is 0.0227. The Bertz CT molecular complexity index is 470. The van der Waals surface area contributed by atoms with Crippen LogP contribution in [0.3, 0.4) is 0 Å². The lowest BCUT2D eigenvalue weighted by Gasteiger charge is -2.06. The van der Waals surface area contributed by atoms with E-state index in [0.29, 0.717) is 24.7 Å². The zero-order valence-corrected chi connectivity index (χ0v) is 10.3. The molecule has 1 heterocycles. The first kappa shape index (κ1) is 12.7. The van der Waals surface area contributed by atoms with Crippen molar-refractivity contribution in [3.05, 3.63) is 47.6 Å². The summed E-state index contributed by atoms with van der Waals surface area (Å²) >= 11 is 0. The largest absolute Gasteiger partial charge is 0.395 e. The van der Waals surface area contributed by atoms with Crippen molar-refractivity contribution in [3.63, 3.8) is 0 Å². The van der Waals surface area contributed by atoms with Crippen LogP contribution < -0.4 is 5.32 Å². The summed E-state index contributed by atoms with van der Waals surface area (Å²) in [4.78, 5) is 4.29. The molecule has 1 aromatic carbocycles. The smallest absolute Gasteiger partial charge is 0.240 e. The number of aliphatic hydroxyl groups is 1. The molecule has 0 radical (unpaired) electrons. The van der Waals surface area contributed by atoms with Crippen molar-refractivity contribution in [3.8, 4) is 0 Å². The molecule has 0 amide bonds. The van der Waals surface area contributed by atoms with Gasteiger partial charge in [-0.05, 0) is 12.5 Å². The number of hydrogen-bond donors (Lipinski definition) is 2. The fourth-order valence-corrected chi connectivity index (χ4v) is 1.54. The summed E-state index contributed by atoms with van der Waals surface area (Å²) in [6, 6.07) is 10.0. The molecule has 96 valence electrons. The molecule has 5 nitrogen and oxygen atoms in total. The van der Waals surface area contributed by atoms with Crippen molar-refractivity contribution >= 4 is 0 Å². The quantitative estimate of drug-likeness (QED) is 0.800. The van der Waals surface area contributed by atoms with Gasteiger partial charge < -0.3 is 14.9 Å². The molecule has 1 atom stereocenters. The number of nitrogens with zero attached hydrogens (tertiary/aromatic N) is 2. The van der Waals surface area contributed by atoms with Gasteiger partial charge in [0.05, 0.1) is 13.2 Å². The van der Waals surface area contributed by atoms with E-state index in [-0.39, 0.29) is 12.6 Å². The average Bonchev–Trinajstić information content (AvgIpc) is 2.85. The zero-order valence-electron chi connectivity index (χ0n) is 10.3. The predicted octanol–water partition coefficient (Wildman–Crippen LogP) is 1.13. The predicted molar refractivity (Wildman–Crippen MR) is 66.9 cm³/mol. The molecule has 0 saturated heterocycles. The standard InChI is InChI=1S/C13H17N3O2/c1-10(9-17)14-8-13-15-12(16-18-13)7-11-5-3-2-4-6-11/h2-6,10,14,17H,7-9H2,1H3. The molecule has 2 aromatic rings. The maximum Gasteiger partial charge on any atom is 0.240 e. The van der Waals surface area contributed by atoms with Crippen LogP contribution in [0.5, 0.6) is 0 Å². The van der Waals surface area contributed by atoms with Crippen molar-refractivity contribution < 1.29 is 9.63 Å². The third-order valence-electron chi connectivity index (χ3n) is 2.59. The van der Waals surface area contributed by atoms with E-state index in [1.807, 2.05) is 37.3 Å². The van der Waals surface area contributed by atoms with E-state index in [4.69, 9.17) is 9.63 Å². The molecule has 0 saturated carbocycles. The monoisotopic (exact) mass is 247 g/mol. The molecule has 18 heavy (non-hydrogen) atoms. The number of aliphatic hydroxyl groups excluding tert-OH is 1. The summed E-state index contributed by atoms with van der Waals surface area (Å²) < 4.78 is 5.13. The summed E-state index contributed by atoms with van der Waals surface area (Å²) in [6.45, 7) is 2.45. The van der Waals surface area contributed by atoms with E-state index in [0.717, 1.165) is 5.56 Å². The van der Waals surface area contributed by atoms with Gasteiger partial charge in [0.1, 0.15) is 0 Å². The Balaban J connectivity index is 1.90. The highest BCUT2D eigenvalue weighted by Crippen LogP contribution is 2.06. The molecule has 1 aromatic heterocycles. The van der Waals surface area contributed by atoms with Gasteiger partial charge in [0.2, 0.25) is 5.89 Å². The van der Waals surface area contributed by atoms with E-state index < -0.39 is 0 Å². The Kier molecular flexibility index (Phi) is 4.44. The van der Waals surface area contributed by atoms with Crippen molar-refractivity contribution in [2.45, 2.75) is 25.9 Å². The van der Waals surface area contributed by atoms with Gasteiger partial charge in [0.25, 0.3) is 0 Å². The molecule has 0 fully saturated rings. The second-order valence-corrected chi connectivity index (χ2v) is 4.23. The van der Waals surface area contributed by atoms with Crippen molar-refractivity contribution in [1.29, 1.82) is 0 Å². The second-order valence-electron chi connectivity index (χ2n) is 4.23. The lowest BCUT2D eigenvalue weighted by Crippen LogP contribution is -2.28. The van der Waals surface area contributed by atoms with Gasteiger partial charge in [-0.3, -0.25) is 0 Å². The Labute approximate surface area is 106 Å². The maximum atomic E-state index is 8.88. The number of aromatic nitrogens is 2. The van der Waals surface area contributed by atoms with Crippen LogP contribution >= 0.6 is 0 Å². The van der Waals surface area contributed by atoms with Gasteiger partial charge in [0, 0.05) is 12.5 Å². The molecule has 2 N–H and O–H groups in total. The SMILES string of the molecule is CC(CO)NCc1nc(Cc2ccccc2)no1. The van der Waals surface area contributed by atoms with Crippen LogP contribution in [0.15, 0.2) is 34.9 Å². The topological polar surface area (TPSA) is 71.2 Å². The normalized spacial score (nSPS) is 12.6. The van der Waals surface area contributed by atoms with Crippen LogP contribution in [0.4, 0.5) is 0 Å². The van der Waals surface area contributed by atoms with Gasteiger partial charge in [-0.25, -0.2) is 0 Å². The highest BCUT2D eigenvalue weighted by atomic mass is 16.5. The molecular weight excluding hydrogens is 230 g/mol. The minimum Gasteiger partial charge on any atom is -0.395 e. The summed E-state index contributed by atoms with van der Waals surface area (Å²) in [5.74, 6) is 1.22. The van der Waals surface area contributed by atoms with Crippen LogP contribution in [0, 0.1) is 0 Å². The lowest BCUT2D eigenvalue weighted by molar-refractivity contribution is 0.245. The molecule has 0 aliphatic heterocycles. The van der Waals surface area contributed by atoms with Gasteiger partial charge in [-0.2, -0.15) is 4.98 Å². The van der Waals surface area contributed by atoms with Crippen molar-refractivity contribution in [2.75, 3.05) is 6.61 Å². The van der Waals surface area contributed by atoms with Crippen LogP contribution in [0.1, 0.15) is 24.2 Å². The fraction of sp³-hybridized carbons (Fsp3) is 0.385. The van der Waals surface area contributed by atoms with Gasteiger partial charge in [-0.15, -0.1) is 0 Å². The summed E-state index contributed by atoms with van der Waals surface area (Å²) in [5, 5.41) is 15.9. The van der Waals surface area contributed by atoms with Gasteiger partial charge >= 0.3 is 0 Å². The molecule has 0 aliphatic carbocycles. The first-order chi connectivity index (χ1) is 8.78. The summed E-state index contributed by atoms with van der Waals surface area (Å²) in [6.07, 6.45) is 0.667. The van der Waals surface area contributed by atoms with E-state index >= 15 is 0 Å². The number of hydrogen-bond acceptors (Lipinski definition) is 5. The number of rotatable bonds is 6. The molecule has 0 aliphatic rings. The highest BCUT2D eigenvalue weighted by molar-refractivity contribution is 5.18. The molecule has 0 bridgehead atoms. The molecule has 2 rings (SSSR count). The fourth-order valence-electron chi connectivity index (χ4n) is 1.54. The molecule has 1 unspecified atom stereocenters. The van der Waals surface area contributed by atoms with E-state index in [2.05, 4.69) is 15.5 Å². The molecule has 0 spiro atoms. The van der Waals surface area contributed by atoms with Gasteiger partial charge in [0.15, 0.2) is 5.82 Å². The highest BCUT2D eigenvalue weighted by Gasteiger charge is 2.08. The minimum absolute atomic E-state index is 0.0227. The van der Waals surface area contributed by atoms with Crippen LogP contribution in [-0.2, 0) is 13.0 Å². The Hall–Kier alpha value is -1.72. The Morgan fingerprint density at radius 3 is 2.83 bits per heavy atom. The second kappa shape index (κ2) is 6.28. The Morgan fingerprint density at radius 2 is 2.11 bits per heavy atom. The van der Waals surface area contributed by atoms with E-state index in [9.17, 15) is 0 Å². The third-order valence-corrected chi connectivity index (χ3v) is 2.59. The first-order valence-corrected chi connectivity index (χ1v) is 5.97. The first-order valence-electron chi connectivity index (χ1n) is 5.97. The number of nitrogens with one attached hydrogen (secondary N) is 1. The molecule has 5 heteroatoms. The van der Waals surface area contributed by atoms with Crippen LogP contribution in [-0.4, -0.2) is 27.9 Å². The maximum absolute atomic E-state index is 8.88. The van der Waals surface area contributed by atoms with Crippen molar-refractivity contribution in [2.24, 2.45) is 0 Å².